The monoisotopic (exact) mass is 507 g/mol. The minimum atomic E-state index is 0.0253. The third-order valence-electron chi connectivity index (χ3n) is 7.34. The van der Waals surface area contributed by atoms with E-state index >= 15 is 0 Å². The van der Waals surface area contributed by atoms with E-state index in [-0.39, 0.29) is 17.4 Å². The Bertz CT molecular complexity index is 1000. The van der Waals surface area contributed by atoms with E-state index in [1.54, 1.807) is 0 Å². The molecule has 7 heteroatoms. The molecule has 1 aromatic carbocycles. The van der Waals surface area contributed by atoms with E-state index in [2.05, 4.69) is 83.0 Å². The summed E-state index contributed by atoms with van der Waals surface area (Å²) >= 11 is 6.06. The number of likely N-dealkylation sites (tertiary alicyclic amines) is 1. The Labute approximate surface area is 222 Å². The lowest BCUT2D eigenvalue weighted by atomic mass is 9.92. The van der Waals surface area contributed by atoms with Gasteiger partial charge in [0.2, 0.25) is 5.91 Å². The third-order valence-corrected chi connectivity index (χ3v) is 7.78. The summed E-state index contributed by atoms with van der Waals surface area (Å²) in [4.78, 5) is 24.0. The predicted octanol–water partition coefficient (Wildman–Crippen LogP) is 5.03. The van der Waals surface area contributed by atoms with Gasteiger partial charge in [0, 0.05) is 44.3 Å². The highest BCUT2D eigenvalue weighted by Gasteiger charge is 2.41. The van der Waals surface area contributed by atoms with E-state index < -0.39 is 0 Å². The molecule has 2 aromatic rings. The predicted molar refractivity (Wildman–Crippen MR) is 151 cm³/mol. The van der Waals surface area contributed by atoms with Gasteiger partial charge in [0.1, 0.15) is 5.82 Å². The number of aromatic nitrogens is 1. The minimum absolute atomic E-state index is 0.0253. The van der Waals surface area contributed by atoms with Crippen molar-refractivity contribution >= 4 is 29.1 Å². The van der Waals surface area contributed by atoms with Crippen molar-refractivity contribution in [3.63, 3.8) is 0 Å². The summed E-state index contributed by atoms with van der Waals surface area (Å²) < 4.78 is 0. The summed E-state index contributed by atoms with van der Waals surface area (Å²) in [6.07, 6.45) is 5.55. The van der Waals surface area contributed by atoms with Crippen LogP contribution in [-0.2, 0) is 4.79 Å². The average Bonchev–Trinajstić information content (AvgIpc) is 3.21. The Morgan fingerprint density at radius 2 is 1.81 bits per heavy atom. The first-order chi connectivity index (χ1) is 17.2. The van der Waals surface area contributed by atoms with Crippen LogP contribution in [0.4, 0.5) is 5.82 Å². The molecule has 0 aliphatic carbocycles. The van der Waals surface area contributed by atoms with Gasteiger partial charge in [0.05, 0.1) is 12.6 Å². The second kappa shape index (κ2) is 11.7. The Hall–Kier alpha value is -2.51. The highest BCUT2D eigenvalue weighted by molar-refractivity contribution is 7.80. The molecule has 1 amide bonds. The fourth-order valence-electron chi connectivity index (χ4n) is 5.42. The van der Waals surface area contributed by atoms with Crippen LogP contribution in [0.2, 0.25) is 0 Å². The number of benzene rings is 1. The number of hydrogen-bond donors (Lipinski definition) is 1. The topological polar surface area (TPSA) is 51.7 Å². The Kier molecular flexibility index (Phi) is 8.62. The first kappa shape index (κ1) is 26.6. The van der Waals surface area contributed by atoms with Gasteiger partial charge in [-0.05, 0) is 61.5 Å². The first-order valence-corrected chi connectivity index (χ1v) is 13.7. The summed E-state index contributed by atoms with van der Waals surface area (Å²) in [5.74, 6) is 1.07. The maximum absolute atomic E-state index is 12.2. The fourth-order valence-corrected chi connectivity index (χ4v) is 5.86. The summed E-state index contributed by atoms with van der Waals surface area (Å²) in [6, 6.07) is 17.8. The molecule has 2 aliphatic heterocycles. The van der Waals surface area contributed by atoms with Gasteiger partial charge in [-0.15, -0.1) is 0 Å². The number of amides is 1. The molecule has 194 valence electrons. The second-order valence-electron chi connectivity index (χ2n) is 11.4. The fraction of sp³-hybridized carbons (Fsp3) is 0.552. The van der Waals surface area contributed by atoms with Crippen molar-refractivity contribution in [3.05, 3.63) is 60.3 Å². The Morgan fingerprint density at radius 3 is 2.44 bits per heavy atom. The molecule has 1 N–H and O–H groups in total. The lowest BCUT2D eigenvalue weighted by molar-refractivity contribution is -0.122. The zero-order valence-corrected chi connectivity index (χ0v) is 23.0. The summed E-state index contributed by atoms with van der Waals surface area (Å²) in [5.41, 5.74) is 1.33. The van der Waals surface area contributed by atoms with E-state index in [1.165, 1.54) is 5.56 Å². The van der Waals surface area contributed by atoms with Crippen LogP contribution in [0.5, 0.6) is 0 Å². The second-order valence-corrected chi connectivity index (χ2v) is 11.8. The Morgan fingerprint density at radius 1 is 1.11 bits per heavy atom. The van der Waals surface area contributed by atoms with Crippen LogP contribution in [0.15, 0.2) is 54.7 Å². The van der Waals surface area contributed by atoms with Crippen molar-refractivity contribution in [2.45, 2.75) is 71.5 Å². The smallest absolute Gasteiger partial charge is 0.220 e. The standard InChI is InChI=1S/C29H41N5OS/c1-22(13-17-31-27(35)20-29(2,3)4)32-18-14-24(15-19-32)34-25(23-10-6-5-7-11-23)21-33(28(34)36)26-12-8-9-16-30-26/h5-12,16,22,24-25H,13-15,17-21H2,1-4H3,(H,31,35)/t22?,25-/m0/s1. The maximum atomic E-state index is 12.2. The van der Waals surface area contributed by atoms with Crippen molar-refractivity contribution in [2.75, 3.05) is 31.1 Å². The SMILES string of the molecule is CC(CCNC(=O)CC(C)(C)C)N1CCC(N2C(=S)N(c3ccccn3)C[C@H]2c2ccccc2)CC1. The summed E-state index contributed by atoms with van der Waals surface area (Å²) in [5, 5.41) is 4.00. The van der Waals surface area contributed by atoms with Crippen molar-refractivity contribution < 1.29 is 4.79 Å². The molecule has 0 spiro atoms. The van der Waals surface area contributed by atoms with E-state index in [1.807, 2.05) is 24.4 Å². The van der Waals surface area contributed by atoms with Crippen LogP contribution in [0.1, 0.15) is 65.0 Å². The van der Waals surface area contributed by atoms with Crippen LogP contribution in [0.3, 0.4) is 0 Å². The molecule has 3 heterocycles. The number of rotatable bonds is 8. The van der Waals surface area contributed by atoms with Crippen molar-refractivity contribution in [1.82, 2.24) is 20.1 Å². The molecule has 2 aliphatic rings. The number of nitrogens with one attached hydrogen (secondary N) is 1. The van der Waals surface area contributed by atoms with Crippen molar-refractivity contribution in [1.29, 1.82) is 0 Å². The van der Waals surface area contributed by atoms with Gasteiger partial charge < -0.3 is 20.0 Å². The number of pyridine rings is 1. The van der Waals surface area contributed by atoms with Gasteiger partial charge in [-0.25, -0.2) is 4.98 Å². The van der Waals surface area contributed by atoms with Crippen molar-refractivity contribution in [3.8, 4) is 0 Å². The van der Waals surface area contributed by atoms with E-state index in [4.69, 9.17) is 12.2 Å². The average molecular weight is 508 g/mol. The molecule has 36 heavy (non-hydrogen) atoms. The molecule has 0 saturated carbocycles. The number of hydrogen-bond acceptors (Lipinski definition) is 4. The van der Waals surface area contributed by atoms with Gasteiger partial charge in [0.25, 0.3) is 0 Å². The number of carbonyl (C=O) groups excluding carboxylic acids is 1. The van der Waals surface area contributed by atoms with Gasteiger partial charge in [-0.2, -0.15) is 0 Å². The van der Waals surface area contributed by atoms with Crippen LogP contribution in [-0.4, -0.2) is 64.1 Å². The Balaban J connectivity index is 1.36. The quantitative estimate of drug-likeness (QED) is 0.506. The number of piperidine rings is 1. The highest BCUT2D eigenvalue weighted by Crippen LogP contribution is 2.36. The summed E-state index contributed by atoms with van der Waals surface area (Å²) in [7, 11) is 0. The van der Waals surface area contributed by atoms with Crippen molar-refractivity contribution in [2.24, 2.45) is 5.41 Å². The zero-order valence-electron chi connectivity index (χ0n) is 22.2. The molecule has 1 aromatic heterocycles. The van der Waals surface area contributed by atoms with Crippen LogP contribution >= 0.6 is 12.2 Å². The van der Waals surface area contributed by atoms with E-state index in [0.717, 1.165) is 56.4 Å². The van der Waals surface area contributed by atoms with Gasteiger partial charge in [-0.3, -0.25) is 4.79 Å². The number of anilines is 1. The van der Waals surface area contributed by atoms with Crippen LogP contribution in [0, 0.1) is 5.41 Å². The van der Waals surface area contributed by atoms with Gasteiger partial charge in [0.15, 0.2) is 5.11 Å². The van der Waals surface area contributed by atoms with E-state index in [0.29, 0.717) is 18.5 Å². The minimum Gasteiger partial charge on any atom is -0.356 e. The molecule has 6 nitrogen and oxygen atoms in total. The number of thiocarbonyl (C=S) groups is 1. The van der Waals surface area contributed by atoms with Crippen LogP contribution in [0.25, 0.3) is 0 Å². The molecule has 2 atom stereocenters. The van der Waals surface area contributed by atoms with Crippen LogP contribution < -0.4 is 10.2 Å². The van der Waals surface area contributed by atoms with Gasteiger partial charge in [-0.1, -0.05) is 57.2 Å². The zero-order chi connectivity index (χ0) is 25.7. The summed E-state index contributed by atoms with van der Waals surface area (Å²) in [6.45, 7) is 12.2. The first-order valence-electron chi connectivity index (χ1n) is 13.3. The molecule has 0 bridgehead atoms. The highest BCUT2D eigenvalue weighted by atomic mass is 32.1. The maximum Gasteiger partial charge on any atom is 0.220 e. The van der Waals surface area contributed by atoms with Gasteiger partial charge >= 0.3 is 0 Å². The lowest BCUT2D eigenvalue weighted by Gasteiger charge is -2.42. The molecule has 0 radical (unpaired) electrons. The number of nitrogens with zero attached hydrogens (tertiary/aromatic N) is 4. The normalized spacial score (nSPS) is 20.6. The number of carbonyl (C=O) groups is 1. The molecule has 4 rings (SSSR count). The molecule has 2 saturated heterocycles. The lowest BCUT2D eigenvalue weighted by Crippen LogP contribution is -2.49. The third kappa shape index (κ3) is 6.62. The molecule has 1 unspecified atom stereocenters. The molecular weight excluding hydrogens is 466 g/mol. The van der Waals surface area contributed by atoms with E-state index in [9.17, 15) is 4.79 Å². The molecular formula is C29H41N5OS. The largest absolute Gasteiger partial charge is 0.356 e. The molecule has 2 fully saturated rings.